The molecule has 0 atom stereocenters. The average Bonchev–Trinajstić information content (AvgIpc) is 2.91. The number of ketones is 1. The van der Waals surface area contributed by atoms with E-state index in [1.165, 1.54) is 0 Å². The molecule has 4 heteroatoms. The van der Waals surface area contributed by atoms with Gasteiger partial charge in [0.2, 0.25) is 0 Å². The molecule has 0 radical (unpaired) electrons. The van der Waals surface area contributed by atoms with Gasteiger partial charge in [0.05, 0.1) is 17.3 Å². The molecule has 0 N–H and O–H groups in total. The molecule has 120 valence electrons. The smallest absolute Gasteiger partial charge is 0.300 e. The highest BCUT2D eigenvalue weighted by molar-refractivity contribution is 6.52. The van der Waals surface area contributed by atoms with Crippen molar-refractivity contribution in [3.8, 4) is 11.5 Å². The summed E-state index contributed by atoms with van der Waals surface area (Å²) in [6.07, 6.45) is 0. The molecule has 0 saturated carbocycles. The molecular formula is C21H13NO3. The van der Waals surface area contributed by atoms with Gasteiger partial charge in [-0.2, -0.15) is 0 Å². The highest BCUT2D eigenvalue weighted by atomic mass is 16.5. The Kier molecular flexibility index (Phi) is 2.82. The van der Waals surface area contributed by atoms with Gasteiger partial charge >= 0.3 is 0 Å². The predicted molar refractivity (Wildman–Crippen MR) is 93.1 cm³/mol. The van der Waals surface area contributed by atoms with Crippen molar-refractivity contribution in [1.82, 2.24) is 0 Å². The third kappa shape index (κ3) is 1.88. The summed E-state index contributed by atoms with van der Waals surface area (Å²) in [5, 5.41) is 0. The first kappa shape index (κ1) is 14.0. The van der Waals surface area contributed by atoms with Gasteiger partial charge in [-0.15, -0.1) is 0 Å². The first-order valence-corrected chi connectivity index (χ1v) is 8.08. The van der Waals surface area contributed by atoms with Crippen LogP contribution in [-0.2, 0) is 4.79 Å². The summed E-state index contributed by atoms with van der Waals surface area (Å²) in [6.45, 7) is 0. The van der Waals surface area contributed by atoms with Gasteiger partial charge in [0.25, 0.3) is 11.7 Å². The van der Waals surface area contributed by atoms with Crippen LogP contribution in [0.1, 0.15) is 27.5 Å². The van der Waals surface area contributed by atoms with E-state index in [4.69, 9.17) is 4.74 Å². The van der Waals surface area contributed by atoms with Crippen LogP contribution in [0.3, 0.4) is 0 Å². The zero-order valence-electron chi connectivity index (χ0n) is 13.2. The van der Waals surface area contributed by atoms with E-state index in [1.54, 1.807) is 17.0 Å². The van der Waals surface area contributed by atoms with Crippen molar-refractivity contribution in [1.29, 1.82) is 0 Å². The molecule has 2 aliphatic rings. The minimum atomic E-state index is -0.502. The number of Topliss-reactive ketones (excluding diaryl/α,β-unsaturated/α-hetero) is 1. The summed E-state index contributed by atoms with van der Waals surface area (Å²) in [7, 11) is 0. The molecule has 0 saturated heterocycles. The van der Waals surface area contributed by atoms with Gasteiger partial charge < -0.3 is 4.74 Å². The van der Waals surface area contributed by atoms with Crippen LogP contribution in [0, 0.1) is 0 Å². The Morgan fingerprint density at radius 1 is 0.720 bits per heavy atom. The monoisotopic (exact) mass is 327 g/mol. The predicted octanol–water partition coefficient (Wildman–Crippen LogP) is 4.11. The fraction of sp³-hybridized carbons (Fsp3) is 0.0476. The van der Waals surface area contributed by atoms with E-state index >= 15 is 0 Å². The van der Waals surface area contributed by atoms with Gasteiger partial charge in [-0.3, -0.25) is 14.5 Å². The molecule has 0 bridgehead atoms. The number of benzene rings is 3. The van der Waals surface area contributed by atoms with E-state index in [2.05, 4.69) is 0 Å². The fourth-order valence-electron chi connectivity index (χ4n) is 3.63. The Morgan fingerprint density at radius 2 is 1.28 bits per heavy atom. The summed E-state index contributed by atoms with van der Waals surface area (Å²) >= 11 is 0. The maximum absolute atomic E-state index is 12.8. The van der Waals surface area contributed by atoms with Crippen molar-refractivity contribution in [2.45, 2.75) is 6.04 Å². The molecular weight excluding hydrogens is 314 g/mol. The first-order valence-electron chi connectivity index (χ1n) is 8.08. The molecule has 1 amide bonds. The summed E-state index contributed by atoms with van der Waals surface area (Å²) in [5.41, 5.74) is 2.85. The average molecular weight is 327 g/mol. The Bertz CT molecular complexity index is 995. The van der Waals surface area contributed by atoms with Gasteiger partial charge in [0, 0.05) is 11.1 Å². The molecule has 3 aromatic rings. The number of rotatable bonds is 1. The number of hydrogen-bond donors (Lipinski definition) is 0. The number of carbonyl (C=O) groups excluding carboxylic acids is 2. The third-order valence-electron chi connectivity index (χ3n) is 4.73. The Balaban J connectivity index is 1.78. The summed E-state index contributed by atoms with van der Waals surface area (Å²) in [6, 6.07) is 22.0. The van der Waals surface area contributed by atoms with Crippen LogP contribution >= 0.6 is 0 Å². The van der Waals surface area contributed by atoms with Crippen molar-refractivity contribution >= 4 is 17.4 Å². The van der Waals surface area contributed by atoms with Gasteiger partial charge in [-0.05, 0) is 24.3 Å². The fourth-order valence-corrected chi connectivity index (χ4v) is 3.63. The number of carbonyl (C=O) groups is 2. The van der Waals surface area contributed by atoms with Crippen LogP contribution in [0.4, 0.5) is 5.69 Å². The number of nitrogens with zero attached hydrogens (tertiary/aromatic N) is 1. The zero-order chi connectivity index (χ0) is 17.0. The van der Waals surface area contributed by atoms with Crippen LogP contribution in [0.25, 0.3) is 0 Å². The first-order chi connectivity index (χ1) is 12.3. The molecule has 2 heterocycles. The highest BCUT2D eigenvalue weighted by Crippen LogP contribution is 2.48. The second-order valence-electron chi connectivity index (χ2n) is 6.10. The molecule has 5 rings (SSSR count). The Labute approximate surface area is 144 Å². The van der Waals surface area contributed by atoms with Crippen LogP contribution in [0.5, 0.6) is 11.5 Å². The lowest BCUT2D eigenvalue weighted by atomic mass is 9.93. The van der Waals surface area contributed by atoms with Crippen molar-refractivity contribution in [3.63, 3.8) is 0 Å². The SMILES string of the molecule is O=C1C(=O)N(C2c3ccccc3Oc3ccccc32)c2ccccc21. The molecule has 3 aromatic carbocycles. The lowest BCUT2D eigenvalue weighted by molar-refractivity contribution is -0.114. The van der Waals surface area contributed by atoms with E-state index < -0.39 is 11.7 Å². The summed E-state index contributed by atoms with van der Waals surface area (Å²) in [4.78, 5) is 26.9. The quantitative estimate of drug-likeness (QED) is 0.632. The molecule has 0 unspecified atom stereocenters. The number of amides is 1. The molecule has 4 nitrogen and oxygen atoms in total. The second-order valence-corrected chi connectivity index (χ2v) is 6.10. The minimum Gasteiger partial charge on any atom is -0.457 e. The standard InChI is InChI=1S/C21H13NO3/c23-20-13-7-1-4-10-16(13)22(21(20)24)19-14-8-2-5-11-17(14)25-18-12-6-3-9-15(18)19/h1-12,19H. The molecule has 25 heavy (non-hydrogen) atoms. The van der Waals surface area contributed by atoms with E-state index in [9.17, 15) is 9.59 Å². The molecule has 0 aromatic heterocycles. The van der Waals surface area contributed by atoms with Crippen molar-refractivity contribution in [2.75, 3.05) is 4.90 Å². The van der Waals surface area contributed by atoms with Crippen LogP contribution < -0.4 is 9.64 Å². The normalized spacial score (nSPS) is 15.4. The lowest BCUT2D eigenvalue weighted by Crippen LogP contribution is -2.35. The van der Waals surface area contributed by atoms with E-state index in [1.807, 2.05) is 60.7 Å². The maximum atomic E-state index is 12.8. The lowest BCUT2D eigenvalue weighted by Gasteiger charge is -2.34. The summed E-state index contributed by atoms with van der Waals surface area (Å²) in [5.74, 6) is 0.446. The maximum Gasteiger partial charge on any atom is 0.300 e. The molecule has 0 fully saturated rings. The largest absolute Gasteiger partial charge is 0.457 e. The molecule has 0 aliphatic carbocycles. The van der Waals surface area contributed by atoms with Gasteiger partial charge in [0.15, 0.2) is 0 Å². The third-order valence-corrected chi connectivity index (χ3v) is 4.73. The van der Waals surface area contributed by atoms with E-state index in [-0.39, 0.29) is 6.04 Å². The van der Waals surface area contributed by atoms with Gasteiger partial charge in [-0.1, -0.05) is 48.5 Å². The van der Waals surface area contributed by atoms with Crippen molar-refractivity contribution in [2.24, 2.45) is 0 Å². The van der Waals surface area contributed by atoms with Gasteiger partial charge in [0.1, 0.15) is 11.5 Å². The minimum absolute atomic E-state index is 0.388. The van der Waals surface area contributed by atoms with Crippen LogP contribution in [0.2, 0.25) is 0 Å². The van der Waals surface area contributed by atoms with Crippen molar-refractivity contribution in [3.05, 3.63) is 89.5 Å². The van der Waals surface area contributed by atoms with Gasteiger partial charge in [-0.25, -0.2) is 0 Å². The Hall–Kier alpha value is -3.40. The summed E-state index contributed by atoms with van der Waals surface area (Å²) < 4.78 is 5.99. The second kappa shape index (κ2) is 5.05. The number of fused-ring (bicyclic) bond motifs is 3. The Morgan fingerprint density at radius 3 is 1.96 bits per heavy atom. The zero-order valence-corrected chi connectivity index (χ0v) is 13.2. The van der Waals surface area contributed by atoms with Crippen LogP contribution in [0.15, 0.2) is 72.8 Å². The molecule has 0 spiro atoms. The van der Waals surface area contributed by atoms with E-state index in [0.717, 1.165) is 11.1 Å². The molecule has 2 aliphatic heterocycles. The van der Waals surface area contributed by atoms with E-state index in [0.29, 0.717) is 22.7 Å². The topological polar surface area (TPSA) is 46.6 Å². The van der Waals surface area contributed by atoms with Crippen LogP contribution in [-0.4, -0.2) is 11.7 Å². The van der Waals surface area contributed by atoms with Crippen molar-refractivity contribution < 1.29 is 14.3 Å². The highest BCUT2D eigenvalue weighted by Gasteiger charge is 2.43. The number of anilines is 1. The number of ether oxygens (including phenoxy) is 1. The number of para-hydroxylation sites is 3. The number of hydrogen-bond acceptors (Lipinski definition) is 3.